The Balaban J connectivity index is 1.72. The lowest BCUT2D eigenvalue weighted by Crippen LogP contribution is -2.42. The molecule has 4 heteroatoms. The number of hydrogen-bond acceptors (Lipinski definition) is 3. The first kappa shape index (κ1) is 13.2. The van der Waals surface area contributed by atoms with Crippen molar-refractivity contribution in [2.75, 3.05) is 32.4 Å². The second-order valence-corrected chi connectivity index (χ2v) is 6.47. The van der Waals surface area contributed by atoms with Gasteiger partial charge in [0.2, 0.25) is 5.91 Å². The van der Waals surface area contributed by atoms with Gasteiger partial charge < -0.3 is 10.2 Å². The first-order valence-electron chi connectivity index (χ1n) is 6.86. The zero-order valence-electron chi connectivity index (χ0n) is 10.8. The van der Waals surface area contributed by atoms with E-state index in [1.807, 2.05) is 18.8 Å². The zero-order valence-corrected chi connectivity index (χ0v) is 11.6. The molecular formula is C13H24N2OS. The Morgan fingerprint density at radius 3 is 2.71 bits per heavy atom. The smallest absolute Gasteiger partial charge is 0.235 e. The summed E-state index contributed by atoms with van der Waals surface area (Å²) >= 11 is 1.86. The number of likely N-dealkylation sites (tertiary alicyclic amines) is 1. The molecule has 0 aromatic carbocycles. The number of nitrogens with zero attached hydrogens (tertiary/aromatic N) is 1. The first-order chi connectivity index (χ1) is 8.31. The summed E-state index contributed by atoms with van der Waals surface area (Å²) < 4.78 is 0. The minimum atomic E-state index is 0.281. The van der Waals surface area contributed by atoms with E-state index in [0.717, 1.165) is 32.0 Å². The standard InChI is InChI=1S/C13H24N2OS/c1-14-7-4-11-5-8-15(9-6-11)13(16)12-3-2-10-17-12/h11-12,14H,2-10H2,1H3. The number of piperidine rings is 1. The molecule has 2 heterocycles. The summed E-state index contributed by atoms with van der Waals surface area (Å²) in [5, 5.41) is 3.49. The Kier molecular flexibility index (Phi) is 5.16. The Morgan fingerprint density at radius 2 is 2.12 bits per heavy atom. The SMILES string of the molecule is CNCCC1CCN(C(=O)C2CCCS2)CC1. The molecule has 1 atom stereocenters. The quantitative estimate of drug-likeness (QED) is 0.831. The van der Waals surface area contributed by atoms with Crippen LogP contribution in [0.2, 0.25) is 0 Å². The Hall–Kier alpha value is -0.220. The molecule has 1 amide bonds. The van der Waals surface area contributed by atoms with Gasteiger partial charge in [0.25, 0.3) is 0 Å². The van der Waals surface area contributed by atoms with Gasteiger partial charge in [0.1, 0.15) is 0 Å². The molecule has 0 aromatic heterocycles. The molecule has 1 unspecified atom stereocenters. The van der Waals surface area contributed by atoms with Gasteiger partial charge in [0.05, 0.1) is 5.25 Å². The highest BCUT2D eigenvalue weighted by molar-refractivity contribution is 8.00. The van der Waals surface area contributed by atoms with E-state index in [9.17, 15) is 4.79 Å². The number of rotatable bonds is 4. The summed E-state index contributed by atoms with van der Waals surface area (Å²) in [5.74, 6) is 2.41. The Labute approximate surface area is 109 Å². The van der Waals surface area contributed by atoms with E-state index in [1.54, 1.807) is 0 Å². The summed E-state index contributed by atoms with van der Waals surface area (Å²) in [7, 11) is 2.01. The Morgan fingerprint density at radius 1 is 1.35 bits per heavy atom. The predicted octanol–water partition coefficient (Wildman–Crippen LogP) is 1.73. The van der Waals surface area contributed by atoms with Crippen molar-refractivity contribution < 1.29 is 4.79 Å². The minimum absolute atomic E-state index is 0.281. The highest BCUT2D eigenvalue weighted by Crippen LogP contribution is 2.29. The molecule has 98 valence electrons. The first-order valence-corrected chi connectivity index (χ1v) is 7.91. The average Bonchev–Trinajstić information content (AvgIpc) is 2.90. The topological polar surface area (TPSA) is 32.3 Å². The van der Waals surface area contributed by atoms with Crippen LogP contribution in [0.25, 0.3) is 0 Å². The van der Waals surface area contributed by atoms with Gasteiger partial charge in [-0.05, 0) is 57.4 Å². The lowest BCUT2D eigenvalue weighted by atomic mass is 9.93. The van der Waals surface area contributed by atoms with Gasteiger partial charge in [0.15, 0.2) is 0 Å². The molecule has 0 aromatic rings. The lowest BCUT2D eigenvalue weighted by Gasteiger charge is -2.33. The number of amides is 1. The number of nitrogens with one attached hydrogen (secondary N) is 1. The van der Waals surface area contributed by atoms with Crippen molar-refractivity contribution in [2.45, 2.75) is 37.4 Å². The van der Waals surface area contributed by atoms with Gasteiger partial charge in [-0.1, -0.05) is 0 Å². The highest BCUT2D eigenvalue weighted by Gasteiger charge is 2.30. The predicted molar refractivity (Wildman–Crippen MR) is 73.3 cm³/mol. The van der Waals surface area contributed by atoms with Crippen LogP contribution in [0.4, 0.5) is 0 Å². The van der Waals surface area contributed by atoms with Gasteiger partial charge >= 0.3 is 0 Å². The molecule has 1 N–H and O–H groups in total. The van der Waals surface area contributed by atoms with Crippen LogP contribution in [0, 0.1) is 5.92 Å². The fourth-order valence-electron chi connectivity index (χ4n) is 2.77. The van der Waals surface area contributed by atoms with Crippen LogP contribution >= 0.6 is 11.8 Å². The summed E-state index contributed by atoms with van der Waals surface area (Å²) in [6.07, 6.45) is 5.98. The maximum Gasteiger partial charge on any atom is 0.235 e. The molecule has 2 aliphatic rings. The normalized spacial score (nSPS) is 26.4. The minimum Gasteiger partial charge on any atom is -0.342 e. The molecule has 2 fully saturated rings. The summed E-state index contributed by atoms with van der Waals surface area (Å²) in [4.78, 5) is 14.3. The lowest BCUT2D eigenvalue weighted by molar-refractivity contribution is -0.132. The van der Waals surface area contributed by atoms with Crippen LogP contribution in [-0.2, 0) is 4.79 Å². The van der Waals surface area contributed by atoms with E-state index in [-0.39, 0.29) is 5.25 Å². The van der Waals surface area contributed by atoms with E-state index >= 15 is 0 Å². The van der Waals surface area contributed by atoms with E-state index in [0.29, 0.717) is 5.91 Å². The number of carbonyl (C=O) groups excluding carboxylic acids is 1. The number of carbonyl (C=O) groups is 1. The molecule has 2 saturated heterocycles. The van der Waals surface area contributed by atoms with E-state index in [2.05, 4.69) is 10.2 Å². The van der Waals surface area contributed by atoms with Gasteiger partial charge in [-0.2, -0.15) is 0 Å². The van der Waals surface area contributed by atoms with Crippen molar-refractivity contribution in [1.29, 1.82) is 0 Å². The second-order valence-electron chi connectivity index (χ2n) is 5.16. The van der Waals surface area contributed by atoms with Gasteiger partial charge in [-0.3, -0.25) is 4.79 Å². The van der Waals surface area contributed by atoms with Crippen molar-refractivity contribution in [3.05, 3.63) is 0 Å². The van der Waals surface area contributed by atoms with Crippen LogP contribution in [0.5, 0.6) is 0 Å². The highest BCUT2D eigenvalue weighted by atomic mass is 32.2. The molecule has 0 aliphatic carbocycles. The zero-order chi connectivity index (χ0) is 12.1. The summed E-state index contributed by atoms with van der Waals surface area (Å²) in [6, 6.07) is 0. The van der Waals surface area contributed by atoms with Crippen LogP contribution < -0.4 is 5.32 Å². The number of hydrogen-bond donors (Lipinski definition) is 1. The third kappa shape index (κ3) is 3.62. The van der Waals surface area contributed by atoms with Gasteiger partial charge in [-0.15, -0.1) is 11.8 Å². The van der Waals surface area contributed by atoms with Crippen molar-refractivity contribution in [3.63, 3.8) is 0 Å². The van der Waals surface area contributed by atoms with E-state index in [4.69, 9.17) is 0 Å². The third-order valence-electron chi connectivity index (χ3n) is 3.93. The molecule has 17 heavy (non-hydrogen) atoms. The van der Waals surface area contributed by atoms with Crippen LogP contribution in [0.15, 0.2) is 0 Å². The Bertz CT molecular complexity index is 246. The van der Waals surface area contributed by atoms with E-state index in [1.165, 1.54) is 31.4 Å². The molecule has 2 aliphatic heterocycles. The largest absolute Gasteiger partial charge is 0.342 e. The molecule has 0 spiro atoms. The molecule has 3 nitrogen and oxygen atoms in total. The van der Waals surface area contributed by atoms with Crippen molar-refractivity contribution in [3.8, 4) is 0 Å². The van der Waals surface area contributed by atoms with Gasteiger partial charge in [0, 0.05) is 13.1 Å². The van der Waals surface area contributed by atoms with Crippen molar-refractivity contribution >= 4 is 17.7 Å². The molecule has 0 saturated carbocycles. The maximum absolute atomic E-state index is 12.2. The molecular weight excluding hydrogens is 232 g/mol. The van der Waals surface area contributed by atoms with Crippen molar-refractivity contribution in [1.82, 2.24) is 10.2 Å². The summed E-state index contributed by atoms with van der Waals surface area (Å²) in [6.45, 7) is 3.09. The maximum atomic E-state index is 12.2. The molecule has 2 rings (SSSR count). The average molecular weight is 256 g/mol. The molecule has 0 bridgehead atoms. The molecule has 0 radical (unpaired) electrons. The van der Waals surface area contributed by atoms with Crippen LogP contribution in [0.1, 0.15) is 32.1 Å². The van der Waals surface area contributed by atoms with Crippen molar-refractivity contribution in [2.24, 2.45) is 5.92 Å². The monoisotopic (exact) mass is 256 g/mol. The van der Waals surface area contributed by atoms with Crippen LogP contribution in [0.3, 0.4) is 0 Å². The summed E-state index contributed by atoms with van der Waals surface area (Å²) in [5.41, 5.74) is 0. The van der Waals surface area contributed by atoms with E-state index < -0.39 is 0 Å². The fraction of sp³-hybridized carbons (Fsp3) is 0.923. The fourth-order valence-corrected chi connectivity index (χ4v) is 4.01. The number of thioether (sulfide) groups is 1. The third-order valence-corrected chi connectivity index (χ3v) is 5.30. The second kappa shape index (κ2) is 6.64. The van der Waals surface area contributed by atoms with Gasteiger partial charge in [-0.25, -0.2) is 0 Å². The van der Waals surface area contributed by atoms with Crippen LogP contribution in [-0.4, -0.2) is 48.5 Å².